The molecule has 0 saturated heterocycles. The Morgan fingerprint density at radius 3 is 0.826 bits per heavy atom. The Hall–Kier alpha value is -1.66. The second-order valence-electron chi connectivity index (χ2n) is 27.4. The van der Waals surface area contributed by atoms with Gasteiger partial charge in [-0.2, -0.15) is 0 Å². The van der Waals surface area contributed by atoms with Crippen LogP contribution in [0.4, 0.5) is 0 Å². The molecule has 3 N–H and O–H groups in total. The summed E-state index contributed by atoms with van der Waals surface area (Å²) in [5.41, 5.74) is 0. The van der Waals surface area contributed by atoms with Gasteiger partial charge in [-0.3, -0.25) is 9.59 Å². The van der Waals surface area contributed by atoms with E-state index in [9.17, 15) is 19.8 Å². The van der Waals surface area contributed by atoms with Crippen molar-refractivity contribution >= 4 is 11.9 Å². The van der Waals surface area contributed by atoms with Crippen LogP contribution in [0.25, 0.3) is 0 Å². The lowest BCUT2D eigenvalue weighted by Gasteiger charge is -2.20. The number of carbonyl (C=O) groups excluding carboxylic acids is 2. The summed E-state index contributed by atoms with van der Waals surface area (Å²) < 4.78 is 5.48. The molecule has 0 aliphatic heterocycles. The zero-order chi connectivity index (χ0) is 62.0. The highest BCUT2D eigenvalue weighted by molar-refractivity contribution is 5.76. The van der Waals surface area contributed by atoms with Gasteiger partial charge in [-0.1, -0.05) is 404 Å². The maximum atomic E-state index is 12.5. The van der Waals surface area contributed by atoms with Gasteiger partial charge in [0, 0.05) is 12.8 Å². The van der Waals surface area contributed by atoms with E-state index in [0.717, 1.165) is 38.5 Å². The zero-order valence-electron chi connectivity index (χ0n) is 58.6. The molecule has 0 aromatic rings. The van der Waals surface area contributed by atoms with Crippen molar-refractivity contribution < 1.29 is 24.5 Å². The normalized spacial score (nSPS) is 12.6. The SMILES string of the molecule is CCCCCCCCCCCCCCCCCCC/C=C/C(O)C(CO)NC(=O)CCCCCCCCCCCCCCCCCCC/C=C\CCCCCCCCCCCCCCCCCCCCOC(=O)CCCCCCCCCCCCC. The highest BCUT2D eigenvalue weighted by Gasteiger charge is 2.18. The Labute approximate surface area is 539 Å². The van der Waals surface area contributed by atoms with Crippen molar-refractivity contribution in [1.29, 1.82) is 0 Å². The molecule has 0 bridgehead atoms. The summed E-state index contributed by atoms with van der Waals surface area (Å²) in [5.74, 6) is -0.0365. The van der Waals surface area contributed by atoms with Crippen LogP contribution in [0.15, 0.2) is 24.3 Å². The van der Waals surface area contributed by atoms with E-state index in [1.54, 1.807) is 6.08 Å². The lowest BCUT2D eigenvalue weighted by atomic mass is 10.0. The molecule has 510 valence electrons. The number of rotatable bonds is 75. The molecule has 0 radical (unpaired) electrons. The quantitative estimate of drug-likeness (QED) is 0.0320. The molecule has 0 aliphatic rings. The Kier molecular flexibility index (Phi) is 74.3. The number of ether oxygens (including phenoxy) is 1. The van der Waals surface area contributed by atoms with Crippen LogP contribution in [0.2, 0.25) is 0 Å². The van der Waals surface area contributed by atoms with E-state index in [0.29, 0.717) is 19.4 Å². The largest absolute Gasteiger partial charge is 0.466 e. The number of nitrogens with one attached hydrogen (secondary N) is 1. The van der Waals surface area contributed by atoms with E-state index in [2.05, 4.69) is 31.3 Å². The summed E-state index contributed by atoms with van der Waals surface area (Å²) in [6.07, 6.45) is 97.4. The molecule has 0 aromatic heterocycles. The number of unbranched alkanes of at least 4 members (excludes halogenated alkanes) is 62. The summed E-state index contributed by atoms with van der Waals surface area (Å²) in [6, 6.07) is -0.625. The number of allylic oxidation sites excluding steroid dienone is 3. The highest BCUT2D eigenvalue weighted by atomic mass is 16.5. The van der Waals surface area contributed by atoms with E-state index in [1.807, 2.05) is 6.08 Å². The van der Waals surface area contributed by atoms with Crippen LogP contribution < -0.4 is 5.32 Å². The molecule has 2 unspecified atom stereocenters. The minimum absolute atomic E-state index is 0.0227. The van der Waals surface area contributed by atoms with Crippen LogP contribution in [-0.2, 0) is 14.3 Å². The van der Waals surface area contributed by atoms with E-state index < -0.39 is 12.1 Å². The van der Waals surface area contributed by atoms with Gasteiger partial charge in [-0.05, 0) is 57.8 Å². The Balaban J connectivity index is 3.34. The first-order valence-electron chi connectivity index (χ1n) is 39.6. The fraction of sp³-hybridized carbons (Fsp3) is 0.925. The number of esters is 1. The molecule has 6 nitrogen and oxygen atoms in total. The Morgan fingerprint density at radius 2 is 0.547 bits per heavy atom. The van der Waals surface area contributed by atoms with Crippen LogP contribution in [0.1, 0.15) is 450 Å². The van der Waals surface area contributed by atoms with Gasteiger partial charge in [0.15, 0.2) is 0 Å². The summed E-state index contributed by atoms with van der Waals surface area (Å²) in [7, 11) is 0. The molecule has 6 heteroatoms. The Bertz CT molecular complexity index is 1350. The molecule has 2 atom stereocenters. The minimum Gasteiger partial charge on any atom is -0.466 e. The molecule has 0 rings (SSSR count). The van der Waals surface area contributed by atoms with Crippen molar-refractivity contribution in [2.24, 2.45) is 0 Å². The third-order valence-electron chi connectivity index (χ3n) is 18.7. The third-order valence-corrected chi connectivity index (χ3v) is 18.7. The zero-order valence-corrected chi connectivity index (χ0v) is 58.6. The molecule has 0 saturated carbocycles. The lowest BCUT2D eigenvalue weighted by Crippen LogP contribution is -2.45. The molecular formula is C80H155NO5. The van der Waals surface area contributed by atoms with Gasteiger partial charge in [0.25, 0.3) is 0 Å². The minimum atomic E-state index is -0.842. The summed E-state index contributed by atoms with van der Waals surface area (Å²) >= 11 is 0. The first kappa shape index (κ1) is 84.3. The third kappa shape index (κ3) is 71.4. The van der Waals surface area contributed by atoms with Gasteiger partial charge >= 0.3 is 5.97 Å². The van der Waals surface area contributed by atoms with Crippen molar-refractivity contribution in [3.8, 4) is 0 Å². The van der Waals surface area contributed by atoms with Crippen molar-refractivity contribution in [3.63, 3.8) is 0 Å². The van der Waals surface area contributed by atoms with Crippen LogP contribution in [0, 0.1) is 0 Å². The number of hydrogen-bond acceptors (Lipinski definition) is 5. The molecule has 86 heavy (non-hydrogen) atoms. The first-order valence-corrected chi connectivity index (χ1v) is 39.6. The molecule has 0 aromatic carbocycles. The van der Waals surface area contributed by atoms with Crippen molar-refractivity contribution in [3.05, 3.63) is 24.3 Å². The second kappa shape index (κ2) is 75.8. The maximum Gasteiger partial charge on any atom is 0.305 e. The van der Waals surface area contributed by atoms with Crippen LogP contribution in [0.5, 0.6) is 0 Å². The second-order valence-corrected chi connectivity index (χ2v) is 27.4. The number of aliphatic hydroxyl groups excluding tert-OH is 2. The van der Waals surface area contributed by atoms with Crippen molar-refractivity contribution in [2.45, 2.75) is 463 Å². The van der Waals surface area contributed by atoms with Crippen molar-refractivity contribution in [1.82, 2.24) is 5.32 Å². The average Bonchev–Trinajstić information content (AvgIpc) is 3.60. The fourth-order valence-corrected chi connectivity index (χ4v) is 12.7. The van der Waals surface area contributed by atoms with Crippen LogP contribution >= 0.6 is 0 Å². The van der Waals surface area contributed by atoms with Gasteiger partial charge < -0.3 is 20.3 Å². The lowest BCUT2D eigenvalue weighted by molar-refractivity contribution is -0.143. The van der Waals surface area contributed by atoms with Gasteiger partial charge in [0.2, 0.25) is 5.91 Å². The molecule has 0 aliphatic carbocycles. The molecule has 0 fully saturated rings. The summed E-state index contributed by atoms with van der Waals surface area (Å²) in [6.45, 7) is 4.95. The smallest absolute Gasteiger partial charge is 0.305 e. The van der Waals surface area contributed by atoms with Crippen LogP contribution in [-0.4, -0.2) is 47.4 Å². The number of hydrogen-bond donors (Lipinski definition) is 3. The van der Waals surface area contributed by atoms with Crippen molar-refractivity contribution in [2.75, 3.05) is 13.2 Å². The maximum absolute atomic E-state index is 12.5. The number of amides is 1. The molecule has 0 heterocycles. The van der Waals surface area contributed by atoms with E-state index in [-0.39, 0.29) is 18.5 Å². The van der Waals surface area contributed by atoms with Crippen LogP contribution in [0.3, 0.4) is 0 Å². The first-order chi connectivity index (χ1) is 42.5. The predicted octanol–water partition coefficient (Wildman–Crippen LogP) is 26.0. The molecular weight excluding hydrogens is 1050 g/mol. The molecule has 1 amide bonds. The van der Waals surface area contributed by atoms with Gasteiger partial charge in [0.05, 0.1) is 25.4 Å². The number of aliphatic hydroxyl groups is 2. The number of carbonyl (C=O) groups is 2. The monoisotopic (exact) mass is 1210 g/mol. The summed E-state index contributed by atoms with van der Waals surface area (Å²) in [4.78, 5) is 24.5. The van der Waals surface area contributed by atoms with Gasteiger partial charge in [-0.15, -0.1) is 0 Å². The fourth-order valence-electron chi connectivity index (χ4n) is 12.7. The topological polar surface area (TPSA) is 95.9 Å². The average molecular weight is 1210 g/mol. The predicted molar refractivity (Wildman–Crippen MR) is 380 cm³/mol. The van der Waals surface area contributed by atoms with Gasteiger partial charge in [0.1, 0.15) is 0 Å². The summed E-state index contributed by atoms with van der Waals surface area (Å²) in [5, 5.41) is 23.3. The highest BCUT2D eigenvalue weighted by Crippen LogP contribution is 2.20. The van der Waals surface area contributed by atoms with E-state index in [4.69, 9.17) is 4.74 Å². The standard InChI is InChI=1S/C80H155NO5/c1-3-5-7-9-11-13-15-16-17-18-40-43-46-49-53-56-60-64-68-72-78(83)77(76-82)81-79(84)73-69-65-61-57-54-50-47-44-41-38-36-34-32-30-28-26-24-22-20-19-21-23-25-27-29-31-33-35-37-39-42-45-48-51-55-59-63-67-71-75-86-80(85)74-70-66-62-58-52-14-12-10-8-6-4-2/h19-20,68,72,77-78,82-83H,3-18,21-67,69-71,73-76H2,1-2H3,(H,81,84)/b20-19-,72-68+. The van der Waals surface area contributed by atoms with E-state index in [1.165, 1.54) is 385 Å². The Morgan fingerprint density at radius 1 is 0.314 bits per heavy atom. The van der Waals surface area contributed by atoms with E-state index >= 15 is 0 Å². The van der Waals surface area contributed by atoms with Gasteiger partial charge in [-0.25, -0.2) is 0 Å². The molecule has 0 spiro atoms.